The van der Waals surface area contributed by atoms with Crippen LogP contribution in [0.25, 0.3) is 0 Å². The summed E-state index contributed by atoms with van der Waals surface area (Å²) in [5.74, 6) is 0.604. The highest BCUT2D eigenvalue weighted by molar-refractivity contribution is 7.92. The number of anilines is 2. The first-order valence-electron chi connectivity index (χ1n) is 7.99. The number of carbonyl (C=O) groups excluding carboxylic acids is 1. The lowest BCUT2D eigenvalue weighted by molar-refractivity contribution is -0.117. The van der Waals surface area contributed by atoms with Crippen molar-refractivity contribution in [3.05, 3.63) is 48.0 Å². The van der Waals surface area contributed by atoms with Crippen LogP contribution in [0.4, 0.5) is 11.4 Å². The molecule has 0 radical (unpaired) electrons. The van der Waals surface area contributed by atoms with Crippen LogP contribution in [-0.2, 0) is 14.8 Å². The molecule has 1 aliphatic heterocycles. The van der Waals surface area contributed by atoms with E-state index in [-0.39, 0.29) is 10.8 Å². The molecular weight excluding hydrogens is 340 g/mol. The Kier molecular flexibility index (Phi) is 4.67. The van der Waals surface area contributed by atoms with E-state index in [1.54, 1.807) is 48.2 Å². The molecule has 0 aliphatic carbocycles. The average Bonchev–Trinajstić information content (AvgIpc) is 3.00. The second-order valence-electron chi connectivity index (χ2n) is 5.90. The van der Waals surface area contributed by atoms with E-state index in [0.29, 0.717) is 35.7 Å². The Morgan fingerprint density at radius 1 is 1.16 bits per heavy atom. The lowest BCUT2D eigenvalue weighted by Crippen LogP contribution is -2.25. The fourth-order valence-corrected chi connectivity index (χ4v) is 4.25. The second-order valence-corrected chi connectivity index (χ2v) is 7.55. The van der Waals surface area contributed by atoms with E-state index in [2.05, 4.69) is 4.72 Å². The maximum atomic E-state index is 12.8. The summed E-state index contributed by atoms with van der Waals surface area (Å²) in [4.78, 5) is 13.8. The molecule has 3 rings (SSSR count). The summed E-state index contributed by atoms with van der Waals surface area (Å²) in [6, 6.07) is 11.7. The molecule has 25 heavy (non-hydrogen) atoms. The normalized spacial score (nSPS) is 14.6. The van der Waals surface area contributed by atoms with Crippen molar-refractivity contribution in [2.24, 2.45) is 0 Å². The number of nitrogens with one attached hydrogen (secondary N) is 1. The van der Waals surface area contributed by atoms with Gasteiger partial charge in [0.1, 0.15) is 5.75 Å². The lowest BCUT2D eigenvalue weighted by atomic mass is 10.2. The number of nitrogens with zero attached hydrogens (tertiary/aromatic N) is 1. The summed E-state index contributed by atoms with van der Waals surface area (Å²) < 4.78 is 33.4. The van der Waals surface area contributed by atoms with Crippen LogP contribution in [0.2, 0.25) is 0 Å². The molecule has 0 spiro atoms. The van der Waals surface area contributed by atoms with Crippen molar-refractivity contribution in [2.45, 2.75) is 24.7 Å². The number of amides is 1. The predicted octanol–water partition coefficient (Wildman–Crippen LogP) is 2.93. The molecule has 0 atom stereocenters. The van der Waals surface area contributed by atoms with Crippen LogP contribution >= 0.6 is 0 Å². The second kappa shape index (κ2) is 6.76. The first-order chi connectivity index (χ1) is 11.9. The molecule has 7 heteroatoms. The molecule has 1 amide bonds. The molecule has 6 nitrogen and oxygen atoms in total. The summed E-state index contributed by atoms with van der Waals surface area (Å²) in [6.07, 6.45) is 1.26. The Morgan fingerprint density at radius 3 is 2.56 bits per heavy atom. The van der Waals surface area contributed by atoms with E-state index >= 15 is 0 Å². The number of rotatable bonds is 5. The summed E-state index contributed by atoms with van der Waals surface area (Å²) in [5.41, 5.74) is 1.56. The van der Waals surface area contributed by atoms with Crippen LogP contribution in [0.1, 0.15) is 18.4 Å². The highest BCUT2D eigenvalue weighted by Gasteiger charge is 2.26. The first-order valence-corrected chi connectivity index (χ1v) is 9.47. The van der Waals surface area contributed by atoms with Gasteiger partial charge in [0.2, 0.25) is 5.91 Å². The Morgan fingerprint density at radius 2 is 1.92 bits per heavy atom. The zero-order valence-electron chi connectivity index (χ0n) is 14.2. The van der Waals surface area contributed by atoms with Crippen molar-refractivity contribution in [1.29, 1.82) is 0 Å². The van der Waals surface area contributed by atoms with Crippen molar-refractivity contribution in [1.82, 2.24) is 0 Å². The number of para-hydroxylation sites is 2. The Hall–Kier alpha value is -2.54. The van der Waals surface area contributed by atoms with Gasteiger partial charge < -0.3 is 9.64 Å². The van der Waals surface area contributed by atoms with Gasteiger partial charge in [-0.25, -0.2) is 8.42 Å². The zero-order valence-corrected chi connectivity index (χ0v) is 15.0. The maximum Gasteiger partial charge on any atom is 0.262 e. The fourth-order valence-electron chi connectivity index (χ4n) is 2.95. The molecule has 1 fully saturated rings. The van der Waals surface area contributed by atoms with Gasteiger partial charge in [-0.2, -0.15) is 0 Å². The number of hydrogen-bond donors (Lipinski definition) is 1. The van der Waals surface area contributed by atoms with Gasteiger partial charge in [-0.05, 0) is 49.2 Å². The van der Waals surface area contributed by atoms with Crippen LogP contribution in [-0.4, -0.2) is 28.0 Å². The minimum absolute atomic E-state index is 0.00674. The van der Waals surface area contributed by atoms with Gasteiger partial charge in [0.25, 0.3) is 10.0 Å². The van der Waals surface area contributed by atoms with Gasteiger partial charge in [-0.15, -0.1) is 0 Å². The van der Waals surface area contributed by atoms with Gasteiger partial charge >= 0.3 is 0 Å². The van der Waals surface area contributed by atoms with E-state index in [0.717, 1.165) is 6.42 Å². The number of benzene rings is 2. The summed E-state index contributed by atoms with van der Waals surface area (Å²) in [7, 11) is -2.25. The van der Waals surface area contributed by atoms with Crippen LogP contribution in [0.3, 0.4) is 0 Å². The molecule has 0 saturated carbocycles. The number of sulfonamides is 1. The predicted molar refractivity (Wildman–Crippen MR) is 96.6 cm³/mol. The van der Waals surface area contributed by atoms with Crippen molar-refractivity contribution < 1.29 is 17.9 Å². The third-order valence-corrected chi connectivity index (χ3v) is 5.71. The van der Waals surface area contributed by atoms with Gasteiger partial charge in [-0.1, -0.05) is 12.1 Å². The quantitative estimate of drug-likeness (QED) is 0.889. The minimum atomic E-state index is -3.78. The first kappa shape index (κ1) is 17.3. The van der Waals surface area contributed by atoms with Crippen molar-refractivity contribution in [3.8, 4) is 5.75 Å². The molecule has 0 bridgehead atoms. The summed E-state index contributed by atoms with van der Waals surface area (Å²) in [6.45, 7) is 2.31. The van der Waals surface area contributed by atoms with Crippen molar-refractivity contribution >= 4 is 27.3 Å². The van der Waals surface area contributed by atoms with E-state index in [1.807, 2.05) is 0 Å². The summed E-state index contributed by atoms with van der Waals surface area (Å²) >= 11 is 0. The molecule has 2 aromatic rings. The highest BCUT2D eigenvalue weighted by Crippen LogP contribution is 2.31. The number of hydrogen-bond acceptors (Lipinski definition) is 4. The van der Waals surface area contributed by atoms with E-state index in [9.17, 15) is 13.2 Å². The van der Waals surface area contributed by atoms with Gasteiger partial charge in [-0.3, -0.25) is 9.52 Å². The van der Waals surface area contributed by atoms with Crippen molar-refractivity contribution in [2.75, 3.05) is 23.3 Å². The smallest absolute Gasteiger partial charge is 0.262 e. The molecular formula is C18H20N2O4S. The third kappa shape index (κ3) is 3.46. The molecule has 2 aromatic carbocycles. The molecule has 0 unspecified atom stereocenters. The van der Waals surface area contributed by atoms with Crippen LogP contribution < -0.4 is 14.4 Å². The van der Waals surface area contributed by atoms with Crippen LogP contribution in [0.5, 0.6) is 5.75 Å². The van der Waals surface area contributed by atoms with Gasteiger partial charge in [0, 0.05) is 13.0 Å². The molecule has 1 aliphatic rings. The third-order valence-electron chi connectivity index (χ3n) is 4.18. The lowest BCUT2D eigenvalue weighted by Gasteiger charge is -2.20. The van der Waals surface area contributed by atoms with Crippen molar-refractivity contribution in [3.63, 3.8) is 0 Å². The number of ether oxygens (including phenoxy) is 1. The van der Waals surface area contributed by atoms with Crippen LogP contribution in [0.15, 0.2) is 47.4 Å². The molecule has 0 aromatic heterocycles. The average molecular weight is 360 g/mol. The Bertz CT molecular complexity index is 909. The van der Waals surface area contributed by atoms with E-state index in [4.69, 9.17) is 4.74 Å². The molecule has 1 saturated heterocycles. The van der Waals surface area contributed by atoms with Gasteiger partial charge in [0.05, 0.1) is 23.4 Å². The Labute approximate surface area is 147 Å². The highest BCUT2D eigenvalue weighted by atomic mass is 32.2. The topological polar surface area (TPSA) is 75.7 Å². The van der Waals surface area contributed by atoms with E-state index in [1.165, 1.54) is 13.2 Å². The zero-order chi connectivity index (χ0) is 18.0. The minimum Gasteiger partial charge on any atom is -0.497 e. The van der Waals surface area contributed by atoms with Gasteiger partial charge in [0.15, 0.2) is 0 Å². The SMILES string of the molecule is COc1ccc(S(=O)(=O)Nc2ccccc2N2CCCC2=O)c(C)c1. The number of aryl methyl sites for hydroxylation is 1. The molecule has 132 valence electrons. The largest absolute Gasteiger partial charge is 0.497 e. The number of methoxy groups -OCH3 is 1. The van der Waals surface area contributed by atoms with E-state index < -0.39 is 10.0 Å². The maximum absolute atomic E-state index is 12.8. The van der Waals surface area contributed by atoms with Crippen LogP contribution in [0, 0.1) is 6.92 Å². The fraction of sp³-hybridized carbons (Fsp3) is 0.278. The Balaban J connectivity index is 1.96. The summed E-state index contributed by atoms with van der Waals surface area (Å²) in [5, 5.41) is 0. The molecule has 1 heterocycles. The monoisotopic (exact) mass is 360 g/mol. The molecule has 1 N–H and O–H groups in total. The standard InChI is InChI=1S/C18H20N2O4S/c1-13-12-14(24-2)9-10-17(13)25(22,23)19-15-6-3-4-7-16(15)20-11-5-8-18(20)21/h3-4,6-7,9-10,12,19H,5,8,11H2,1-2H3. The number of carbonyl (C=O) groups is 1.